The molecule has 6 rings (SSSR count). The van der Waals surface area contributed by atoms with Crippen LogP contribution in [-0.4, -0.2) is 37.5 Å². The van der Waals surface area contributed by atoms with Crippen LogP contribution in [0.5, 0.6) is 11.5 Å². The Morgan fingerprint density at radius 1 is 1.02 bits per heavy atom. The van der Waals surface area contributed by atoms with E-state index in [4.69, 9.17) is 19.3 Å². The highest BCUT2D eigenvalue weighted by molar-refractivity contribution is 5.75. The number of carboxylic acid groups (broad SMARTS) is 1. The topological polar surface area (TPSA) is 77.0 Å². The number of halogens is 3. The van der Waals surface area contributed by atoms with E-state index < -0.39 is 17.7 Å². The smallest absolute Gasteiger partial charge is 0.417 e. The van der Waals surface area contributed by atoms with Gasteiger partial charge in [-0.15, -0.1) is 0 Å². The largest absolute Gasteiger partial charge is 0.493 e. The van der Waals surface area contributed by atoms with E-state index in [1.807, 2.05) is 18.2 Å². The van der Waals surface area contributed by atoms with Gasteiger partial charge in [-0.2, -0.15) is 13.2 Å². The van der Waals surface area contributed by atoms with Crippen molar-refractivity contribution in [2.45, 2.75) is 43.8 Å². The molecule has 3 aliphatic rings. The van der Waals surface area contributed by atoms with Gasteiger partial charge in [-0.05, 0) is 65.8 Å². The lowest BCUT2D eigenvalue weighted by Crippen LogP contribution is -2.12. The van der Waals surface area contributed by atoms with Crippen LogP contribution in [0.4, 0.5) is 18.9 Å². The Bertz CT molecular complexity index is 1400. The maximum atomic E-state index is 14.2. The molecule has 0 bridgehead atoms. The van der Waals surface area contributed by atoms with E-state index in [9.17, 15) is 18.0 Å². The molecular formula is C31H30F3NO5. The lowest BCUT2D eigenvalue weighted by molar-refractivity contribution is -0.138. The summed E-state index contributed by atoms with van der Waals surface area (Å²) in [6.45, 7) is 2.24. The molecule has 6 nitrogen and oxygen atoms in total. The number of aliphatic carboxylic acids is 1. The Labute approximate surface area is 230 Å². The molecule has 1 aliphatic carbocycles. The number of rotatable bonds is 8. The molecule has 2 aliphatic heterocycles. The molecule has 2 heterocycles. The van der Waals surface area contributed by atoms with Crippen molar-refractivity contribution in [3.05, 3.63) is 76.9 Å². The second kappa shape index (κ2) is 10.7. The highest BCUT2D eigenvalue weighted by atomic mass is 19.4. The second-order valence-corrected chi connectivity index (χ2v) is 10.7. The van der Waals surface area contributed by atoms with Crippen LogP contribution in [0.3, 0.4) is 0 Å². The van der Waals surface area contributed by atoms with Gasteiger partial charge in [0, 0.05) is 35.8 Å². The molecule has 0 amide bonds. The van der Waals surface area contributed by atoms with Gasteiger partial charge in [0.05, 0.1) is 37.8 Å². The Morgan fingerprint density at radius 2 is 1.82 bits per heavy atom. The SMILES string of the molecule is O=C(O)C[C@@H]1COc2cc(NC3CCc4c3ccc(C(F)(F)F)c4-c3ccc(OCC4CCOC4)cc3)ccc21. The Morgan fingerprint density at radius 3 is 2.55 bits per heavy atom. The van der Waals surface area contributed by atoms with Crippen LogP contribution in [0.15, 0.2) is 54.6 Å². The summed E-state index contributed by atoms with van der Waals surface area (Å²) in [4.78, 5) is 11.1. The lowest BCUT2D eigenvalue weighted by Gasteiger charge is -2.20. The molecule has 9 heteroatoms. The monoisotopic (exact) mass is 553 g/mol. The minimum atomic E-state index is -4.49. The summed E-state index contributed by atoms with van der Waals surface area (Å²) in [6, 6.07) is 15.1. The van der Waals surface area contributed by atoms with Gasteiger partial charge in [0.15, 0.2) is 0 Å². The van der Waals surface area contributed by atoms with Gasteiger partial charge in [-0.25, -0.2) is 0 Å². The summed E-state index contributed by atoms with van der Waals surface area (Å²) in [5, 5.41) is 12.6. The quantitative estimate of drug-likeness (QED) is 0.318. The zero-order valence-electron chi connectivity index (χ0n) is 21.8. The minimum Gasteiger partial charge on any atom is -0.493 e. The van der Waals surface area contributed by atoms with Gasteiger partial charge < -0.3 is 24.6 Å². The Kier molecular flexibility index (Phi) is 7.08. The average Bonchev–Trinajstić information content (AvgIpc) is 3.68. The predicted octanol–water partition coefficient (Wildman–Crippen LogP) is 6.84. The molecule has 2 N–H and O–H groups in total. The van der Waals surface area contributed by atoms with Crippen molar-refractivity contribution < 1.29 is 37.3 Å². The summed E-state index contributed by atoms with van der Waals surface area (Å²) in [6.07, 6.45) is -2.38. The first-order chi connectivity index (χ1) is 19.3. The summed E-state index contributed by atoms with van der Waals surface area (Å²) >= 11 is 0. The number of carbonyl (C=O) groups is 1. The van der Waals surface area contributed by atoms with Gasteiger partial charge >= 0.3 is 12.1 Å². The fraction of sp³-hybridized carbons (Fsp3) is 0.387. The number of fused-ring (bicyclic) bond motifs is 2. The molecule has 0 saturated carbocycles. The van der Waals surface area contributed by atoms with Crippen molar-refractivity contribution in [1.29, 1.82) is 0 Å². The third-order valence-corrected chi connectivity index (χ3v) is 8.02. The zero-order chi connectivity index (χ0) is 27.9. The Hall–Kier alpha value is -3.72. The summed E-state index contributed by atoms with van der Waals surface area (Å²) in [5.41, 5.74) is 3.27. The molecule has 2 unspecified atom stereocenters. The molecule has 3 aromatic carbocycles. The van der Waals surface area contributed by atoms with Crippen molar-refractivity contribution in [2.24, 2.45) is 5.92 Å². The fourth-order valence-electron chi connectivity index (χ4n) is 6.01. The van der Waals surface area contributed by atoms with Crippen LogP contribution >= 0.6 is 0 Å². The maximum absolute atomic E-state index is 14.2. The van der Waals surface area contributed by atoms with E-state index in [1.165, 1.54) is 6.07 Å². The van der Waals surface area contributed by atoms with Crippen molar-refractivity contribution in [3.8, 4) is 22.6 Å². The first-order valence-corrected chi connectivity index (χ1v) is 13.6. The number of carboxylic acids is 1. The van der Waals surface area contributed by atoms with Crippen LogP contribution in [0.1, 0.15) is 53.5 Å². The first-order valence-electron chi connectivity index (χ1n) is 13.6. The molecule has 1 saturated heterocycles. The van der Waals surface area contributed by atoms with E-state index in [1.54, 1.807) is 30.3 Å². The zero-order valence-corrected chi connectivity index (χ0v) is 21.8. The van der Waals surface area contributed by atoms with Gasteiger partial charge in [0.1, 0.15) is 11.5 Å². The highest BCUT2D eigenvalue weighted by Crippen LogP contribution is 2.46. The average molecular weight is 554 g/mol. The number of alkyl halides is 3. The maximum Gasteiger partial charge on any atom is 0.417 e. The molecule has 0 spiro atoms. The number of anilines is 1. The van der Waals surface area contributed by atoms with Gasteiger partial charge in [-0.3, -0.25) is 4.79 Å². The van der Waals surface area contributed by atoms with Crippen LogP contribution in [0, 0.1) is 5.92 Å². The van der Waals surface area contributed by atoms with Crippen molar-refractivity contribution in [2.75, 3.05) is 31.7 Å². The third kappa shape index (κ3) is 5.35. The number of hydrogen-bond donors (Lipinski definition) is 2. The normalized spacial score (nSPS) is 21.5. The van der Waals surface area contributed by atoms with Crippen molar-refractivity contribution >= 4 is 11.7 Å². The summed E-state index contributed by atoms with van der Waals surface area (Å²) in [7, 11) is 0. The lowest BCUT2D eigenvalue weighted by atomic mass is 9.91. The highest BCUT2D eigenvalue weighted by Gasteiger charge is 2.38. The molecule has 3 atom stereocenters. The van der Waals surface area contributed by atoms with E-state index >= 15 is 0 Å². The molecule has 0 radical (unpaired) electrons. The Balaban J connectivity index is 1.25. The van der Waals surface area contributed by atoms with Crippen LogP contribution in [-0.2, 0) is 22.1 Å². The first kappa shape index (κ1) is 26.5. The fourth-order valence-corrected chi connectivity index (χ4v) is 6.01. The summed E-state index contributed by atoms with van der Waals surface area (Å²) < 4.78 is 59.4. The van der Waals surface area contributed by atoms with Crippen LogP contribution in [0.2, 0.25) is 0 Å². The van der Waals surface area contributed by atoms with Crippen LogP contribution in [0.25, 0.3) is 11.1 Å². The van der Waals surface area contributed by atoms with Crippen LogP contribution < -0.4 is 14.8 Å². The molecular weight excluding hydrogens is 523 g/mol. The molecule has 3 aromatic rings. The molecule has 40 heavy (non-hydrogen) atoms. The van der Waals surface area contributed by atoms with E-state index in [0.29, 0.717) is 61.2 Å². The number of ether oxygens (including phenoxy) is 3. The van der Waals surface area contributed by atoms with Gasteiger partial charge in [-0.1, -0.05) is 24.3 Å². The predicted molar refractivity (Wildman–Crippen MR) is 143 cm³/mol. The van der Waals surface area contributed by atoms with E-state index in [-0.39, 0.29) is 23.9 Å². The second-order valence-electron chi connectivity index (χ2n) is 10.7. The standard InChI is InChI=1S/C31H30F3NO5/c32-31(33,34)26-9-7-24-25(30(26)19-1-4-22(5-2-19)39-16-18-11-12-38-15-18)8-10-27(24)35-21-3-6-23-20(13-29(36)37)17-40-28(23)14-21/h1-7,9,14,18,20,27,35H,8,10-13,15-17H2,(H,36,37)/t18?,20-,27?/m1/s1. The van der Waals surface area contributed by atoms with Crippen molar-refractivity contribution in [1.82, 2.24) is 0 Å². The minimum absolute atomic E-state index is 0.00265. The van der Waals surface area contributed by atoms with E-state index in [2.05, 4.69) is 5.32 Å². The number of hydrogen-bond acceptors (Lipinski definition) is 5. The molecule has 1 fully saturated rings. The van der Waals surface area contributed by atoms with Gasteiger partial charge in [0.25, 0.3) is 0 Å². The summed E-state index contributed by atoms with van der Waals surface area (Å²) in [5.74, 6) is 0.542. The third-order valence-electron chi connectivity index (χ3n) is 8.02. The number of benzene rings is 3. The molecule has 0 aromatic heterocycles. The van der Waals surface area contributed by atoms with E-state index in [0.717, 1.165) is 29.8 Å². The molecule has 210 valence electrons. The van der Waals surface area contributed by atoms with Crippen molar-refractivity contribution in [3.63, 3.8) is 0 Å². The van der Waals surface area contributed by atoms with Gasteiger partial charge in [0.2, 0.25) is 0 Å². The number of nitrogens with one attached hydrogen (secondary N) is 1.